The van der Waals surface area contributed by atoms with Gasteiger partial charge in [0.1, 0.15) is 5.66 Å². The number of rotatable bonds is 2. The van der Waals surface area contributed by atoms with Gasteiger partial charge in [-0.3, -0.25) is 4.90 Å². The molecule has 0 unspecified atom stereocenters. The second-order valence-electron chi connectivity index (χ2n) is 7.04. The first-order chi connectivity index (χ1) is 13.3. The topological polar surface area (TPSA) is 100 Å². The minimum atomic E-state index is -6.04. The van der Waals surface area contributed by atoms with Crippen molar-refractivity contribution in [2.24, 2.45) is 21.5 Å². The number of alkyl halides is 6. The highest BCUT2D eigenvalue weighted by molar-refractivity contribution is 6.06. The van der Waals surface area contributed by atoms with E-state index in [0.717, 1.165) is 23.5 Å². The Morgan fingerprint density at radius 2 is 1.48 bits per heavy atom. The number of anilines is 1. The van der Waals surface area contributed by atoms with E-state index in [1.165, 1.54) is 6.07 Å². The Hall–Kier alpha value is -2.50. The highest BCUT2D eigenvalue weighted by atomic mass is 19.4. The lowest BCUT2D eigenvalue weighted by Gasteiger charge is -2.47. The van der Waals surface area contributed by atoms with Crippen LogP contribution in [0.5, 0.6) is 0 Å². The lowest BCUT2D eigenvalue weighted by molar-refractivity contribution is -0.376. The van der Waals surface area contributed by atoms with E-state index < -0.39 is 40.8 Å². The predicted molar refractivity (Wildman–Crippen MR) is 94.0 cm³/mol. The van der Waals surface area contributed by atoms with Crippen LogP contribution in [-0.4, -0.2) is 35.0 Å². The third-order valence-electron chi connectivity index (χ3n) is 5.21. The van der Waals surface area contributed by atoms with Crippen molar-refractivity contribution in [2.45, 2.75) is 55.7 Å². The maximum atomic E-state index is 13.5. The quantitative estimate of drug-likeness (QED) is 0.637. The molecule has 1 fully saturated rings. The van der Waals surface area contributed by atoms with Crippen LogP contribution in [0, 0.1) is 0 Å². The van der Waals surface area contributed by atoms with Gasteiger partial charge in [-0.15, -0.1) is 0 Å². The second-order valence-corrected chi connectivity index (χ2v) is 7.04. The number of para-hydroxylation sites is 1. The molecular formula is C17H19F6N5O. The van der Waals surface area contributed by atoms with Crippen molar-refractivity contribution in [3.8, 4) is 0 Å². The summed E-state index contributed by atoms with van der Waals surface area (Å²) < 4.78 is 81.2. The number of aliphatic hydroxyl groups is 1. The number of nitrogens with zero attached hydrogens (tertiary/aromatic N) is 3. The molecular weight excluding hydrogens is 404 g/mol. The zero-order valence-corrected chi connectivity index (χ0v) is 15.1. The summed E-state index contributed by atoms with van der Waals surface area (Å²) in [6.07, 6.45) is -9.42. The molecule has 0 saturated heterocycles. The molecule has 1 aliphatic carbocycles. The Morgan fingerprint density at radius 1 is 0.931 bits per heavy atom. The molecule has 29 heavy (non-hydrogen) atoms. The van der Waals surface area contributed by atoms with Gasteiger partial charge in [0.15, 0.2) is 0 Å². The molecule has 0 atom stereocenters. The Balaban J connectivity index is 2.27. The number of hydrogen-bond acceptors (Lipinski definition) is 6. The number of nitrogens with two attached hydrogens (primary N) is 2. The summed E-state index contributed by atoms with van der Waals surface area (Å²) in [4.78, 5) is 9.01. The van der Waals surface area contributed by atoms with E-state index in [-0.39, 0.29) is 5.96 Å². The predicted octanol–water partition coefficient (Wildman–Crippen LogP) is 3.11. The van der Waals surface area contributed by atoms with E-state index in [4.69, 9.17) is 11.5 Å². The average molecular weight is 423 g/mol. The second kappa shape index (κ2) is 6.78. The van der Waals surface area contributed by atoms with Crippen LogP contribution in [0.1, 0.15) is 37.7 Å². The normalized spacial score (nSPS) is 20.4. The Kier molecular flexibility index (Phi) is 4.96. The lowest BCUT2D eigenvalue weighted by Crippen LogP contribution is -2.60. The molecule has 1 spiro atoms. The van der Waals surface area contributed by atoms with Crippen LogP contribution in [-0.2, 0) is 5.60 Å². The molecule has 160 valence electrons. The molecule has 3 rings (SSSR count). The van der Waals surface area contributed by atoms with Crippen molar-refractivity contribution in [2.75, 3.05) is 4.90 Å². The van der Waals surface area contributed by atoms with Gasteiger partial charge in [-0.2, -0.15) is 31.3 Å². The van der Waals surface area contributed by atoms with Crippen molar-refractivity contribution in [1.82, 2.24) is 0 Å². The minimum Gasteiger partial charge on any atom is -0.369 e. The van der Waals surface area contributed by atoms with Crippen molar-refractivity contribution in [3.05, 3.63) is 29.8 Å². The Bertz CT molecular complexity index is 827. The van der Waals surface area contributed by atoms with Gasteiger partial charge in [0.05, 0.1) is 5.69 Å². The molecule has 0 aromatic heterocycles. The summed E-state index contributed by atoms with van der Waals surface area (Å²) in [5.41, 5.74) is 3.22. The summed E-state index contributed by atoms with van der Waals surface area (Å²) in [5.74, 6) is -0.599. The Morgan fingerprint density at radius 3 is 2.03 bits per heavy atom. The molecule has 0 radical (unpaired) electrons. The Labute approximate surface area is 161 Å². The molecule has 2 aliphatic rings. The van der Waals surface area contributed by atoms with Crippen molar-refractivity contribution in [1.29, 1.82) is 0 Å². The fourth-order valence-electron chi connectivity index (χ4n) is 3.91. The van der Waals surface area contributed by atoms with Gasteiger partial charge in [-0.1, -0.05) is 24.6 Å². The zero-order chi connectivity index (χ0) is 21.7. The fourth-order valence-corrected chi connectivity index (χ4v) is 3.91. The molecule has 1 aromatic carbocycles. The third kappa shape index (κ3) is 3.28. The van der Waals surface area contributed by atoms with Crippen molar-refractivity contribution in [3.63, 3.8) is 0 Å². The summed E-state index contributed by atoms with van der Waals surface area (Å²) in [6.45, 7) is 0. The van der Waals surface area contributed by atoms with Crippen LogP contribution in [0.15, 0.2) is 34.3 Å². The minimum absolute atomic E-state index is 0.208. The molecule has 12 heteroatoms. The lowest BCUT2D eigenvalue weighted by atomic mass is 9.85. The van der Waals surface area contributed by atoms with E-state index in [1.54, 1.807) is 0 Å². The fraction of sp³-hybridized carbons (Fsp3) is 0.529. The van der Waals surface area contributed by atoms with E-state index in [2.05, 4.69) is 9.98 Å². The monoisotopic (exact) mass is 423 g/mol. The number of guanidine groups is 2. The highest BCUT2D eigenvalue weighted by Gasteiger charge is 2.72. The molecule has 0 bridgehead atoms. The number of halogens is 6. The molecule has 6 nitrogen and oxygen atoms in total. The van der Waals surface area contributed by atoms with E-state index in [1.807, 2.05) is 0 Å². The van der Waals surface area contributed by atoms with Gasteiger partial charge in [0.25, 0.3) is 5.60 Å². The molecule has 1 aliphatic heterocycles. The standard InChI is InChI=1S/C17H19F6N5O/c18-16(19,20)15(29,17(21,22)23)10-6-2-3-7-11(10)28-13(25)26-12(24)27-14(28)8-4-1-5-9-14/h2-3,6-7,29H,1,4-5,8-9H2,(H4,24,25,26,27). The van der Waals surface area contributed by atoms with Crippen molar-refractivity contribution < 1.29 is 31.4 Å². The number of aliphatic imine (C=N–C) groups is 2. The largest absolute Gasteiger partial charge is 0.430 e. The molecule has 0 amide bonds. The van der Waals surface area contributed by atoms with Crippen LogP contribution in [0.25, 0.3) is 0 Å². The van der Waals surface area contributed by atoms with Crippen LogP contribution in [0.4, 0.5) is 32.0 Å². The van der Waals surface area contributed by atoms with Gasteiger partial charge in [0, 0.05) is 5.56 Å². The first-order valence-electron chi connectivity index (χ1n) is 8.78. The summed E-state index contributed by atoms with van der Waals surface area (Å²) in [6, 6.07) is 3.82. The molecule has 5 N–H and O–H groups in total. The van der Waals surface area contributed by atoms with Gasteiger partial charge in [-0.25, -0.2) is 4.99 Å². The first kappa shape index (κ1) is 21.2. The van der Waals surface area contributed by atoms with Crippen LogP contribution in [0.3, 0.4) is 0 Å². The average Bonchev–Trinajstić information content (AvgIpc) is 2.59. The zero-order valence-electron chi connectivity index (χ0n) is 15.1. The number of hydrogen-bond donors (Lipinski definition) is 3. The SMILES string of the molecule is NC1=NC2(CCCCC2)N(c2ccccc2C(O)(C(F)(F)F)C(F)(F)F)C(N)=N1. The van der Waals surface area contributed by atoms with E-state index in [0.29, 0.717) is 31.7 Å². The van der Waals surface area contributed by atoms with Gasteiger partial charge in [0.2, 0.25) is 11.9 Å². The van der Waals surface area contributed by atoms with E-state index in [9.17, 15) is 31.4 Å². The highest BCUT2D eigenvalue weighted by Crippen LogP contribution is 2.53. The van der Waals surface area contributed by atoms with Gasteiger partial charge < -0.3 is 16.6 Å². The smallest absolute Gasteiger partial charge is 0.369 e. The summed E-state index contributed by atoms with van der Waals surface area (Å²) in [7, 11) is 0. The van der Waals surface area contributed by atoms with Gasteiger partial charge in [-0.05, 0) is 31.7 Å². The third-order valence-corrected chi connectivity index (χ3v) is 5.21. The van der Waals surface area contributed by atoms with Gasteiger partial charge >= 0.3 is 12.4 Å². The maximum absolute atomic E-state index is 13.5. The summed E-state index contributed by atoms with van der Waals surface area (Å²) in [5, 5.41) is 9.97. The molecule has 1 aromatic rings. The van der Waals surface area contributed by atoms with Crippen LogP contribution in [0.2, 0.25) is 0 Å². The van der Waals surface area contributed by atoms with Crippen LogP contribution < -0.4 is 16.4 Å². The van der Waals surface area contributed by atoms with Crippen molar-refractivity contribution >= 4 is 17.6 Å². The molecule has 1 saturated carbocycles. The molecule has 1 heterocycles. The van der Waals surface area contributed by atoms with E-state index >= 15 is 0 Å². The maximum Gasteiger partial charge on any atom is 0.430 e. The first-order valence-corrected chi connectivity index (χ1v) is 8.78. The number of benzene rings is 1. The van der Waals surface area contributed by atoms with Crippen LogP contribution >= 0.6 is 0 Å². The summed E-state index contributed by atoms with van der Waals surface area (Å²) >= 11 is 0.